The molecule has 0 aromatic heterocycles. The van der Waals surface area contributed by atoms with Crippen molar-refractivity contribution in [3.63, 3.8) is 0 Å². The Morgan fingerprint density at radius 1 is 1.40 bits per heavy atom. The van der Waals surface area contributed by atoms with Gasteiger partial charge in [-0.2, -0.15) is 0 Å². The molecule has 2 amide bonds. The van der Waals surface area contributed by atoms with Crippen molar-refractivity contribution < 1.29 is 18.9 Å². The lowest BCUT2D eigenvalue weighted by atomic mass is 10.2. The number of urea groups is 1. The van der Waals surface area contributed by atoms with E-state index in [1.165, 1.54) is 18.2 Å². The summed E-state index contributed by atoms with van der Waals surface area (Å²) in [5.41, 5.74) is 0.0563. The summed E-state index contributed by atoms with van der Waals surface area (Å²) in [5.74, 6) is -0.282. The van der Waals surface area contributed by atoms with E-state index in [9.17, 15) is 13.8 Å². The van der Waals surface area contributed by atoms with Crippen LogP contribution in [-0.4, -0.2) is 39.4 Å². The molecule has 0 aliphatic heterocycles. The van der Waals surface area contributed by atoms with Crippen LogP contribution in [0.1, 0.15) is 17.3 Å². The SMILES string of the molecule is CCS(=O)CCNC(=O)Nc1cc(Cl)ccc1C(=O)O. The van der Waals surface area contributed by atoms with Gasteiger partial charge in [-0.1, -0.05) is 18.5 Å². The van der Waals surface area contributed by atoms with Crippen LogP contribution in [0, 0.1) is 0 Å². The van der Waals surface area contributed by atoms with Gasteiger partial charge in [-0.15, -0.1) is 0 Å². The van der Waals surface area contributed by atoms with E-state index >= 15 is 0 Å². The number of anilines is 1. The summed E-state index contributed by atoms with van der Waals surface area (Å²) in [6.45, 7) is 2.04. The van der Waals surface area contributed by atoms with Crippen LogP contribution in [0.3, 0.4) is 0 Å². The van der Waals surface area contributed by atoms with Gasteiger partial charge in [0.2, 0.25) is 0 Å². The molecule has 0 saturated carbocycles. The third-order valence-corrected chi connectivity index (χ3v) is 3.94. The number of carboxylic acid groups (broad SMARTS) is 1. The van der Waals surface area contributed by atoms with Crippen LogP contribution in [0.4, 0.5) is 10.5 Å². The molecule has 0 radical (unpaired) electrons. The first-order chi connectivity index (χ1) is 9.43. The molecule has 110 valence electrons. The lowest BCUT2D eigenvalue weighted by Gasteiger charge is -2.10. The highest BCUT2D eigenvalue weighted by molar-refractivity contribution is 7.84. The number of amides is 2. The standard InChI is InChI=1S/C12H15ClN2O4S/c1-2-20(19)6-5-14-12(18)15-10-7-8(13)3-4-9(10)11(16)17/h3-4,7H,2,5-6H2,1H3,(H,16,17)(H2,14,15,18). The molecular formula is C12H15ClN2O4S. The molecule has 0 aliphatic rings. The Hall–Kier alpha value is -1.60. The van der Waals surface area contributed by atoms with E-state index in [-0.39, 0.29) is 17.8 Å². The summed E-state index contributed by atoms with van der Waals surface area (Å²) in [4.78, 5) is 22.6. The predicted molar refractivity (Wildman–Crippen MR) is 79.0 cm³/mol. The number of hydrogen-bond acceptors (Lipinski definition) is 3. The van der Waals surface area contributed by atoms with Crippen molar-refractivity contribution in [2.24, 2.45) is 0 Å². The molecular weight excluding hydrogens is 304 g/mol. The summed E-state index contributed by atoms with van der Waals surface area (Å²) in [5, 5.41) is 14.2. The molecule has 1 atom stereocenters. The van der Waals surface area contributed by atoms with Gasteiger partial charge in [0.05, 0.1) is 11.3 Å². The summed E-state index contributed by atoms with van der Waals surface area (Å²) in [6, 6.07) is 3.53. The lowest BCUT2D eigenvalue weighted by molar-refractivity contribution is 0.0698. The fourth-order valence-electron chi connectivity index (χ4n) is 1.40. The van der Waals surface area contributed by atoms with E-state index in [0.29, 0.717) is 16.5 Å². The molecule has 20 heavy (non-hydrogen) atoms. The minimum absolute atomic E-state index is 0.0540. The van der Waals surface area contributed by atoms with Crippen molar-refractivity contribution in [1.29, 1.82) is 0 Å². The molecule has 0 bridgehead atoms. The van der Waals surface area contributed by atoms with E-state index in [1.54, 1.807) is 6.92 Å². The van der Waals surface area contributed by atoms with Crippen molar-refractivity contribution in [2.75, 3.05) is 23.4 Å². The zero-order valence-electron chi connectivity index (χ0n) is 10.8. The van der Waals surface area contributed by atoms with Crippen molar-refractivity contribution in [3.05, 3.63) is 28.8 Å². The minimum Gasteiger partial charge on any atom is -0.478 e. The number of hydrogen-bond donors (Lipinski definition) is 3. The Morgan fingerprint density at radius 3 is 2.70 bits per heavy atom. The first-order valence-electron chi connectivity index (χ1n) is 5.86. The van der Waals surface area contributed by atoms with E-state index in [1.807, 2.05) is 0 Å². The number of halogens is 1. The number of benzene rings is 1. The molecule has 1 aromatic carbocycles. The van der Waals surface area contributed by atoms with Crippen molar-refractivity contribution in [3.8, 4) is 0 Å². The number of nitrogens with one attached hydrogen (secondary N) is 2. The first kappa shape index (κ1) is 16.5. The van der Waals surface area contributed by atoms with Gasteiger partial charge >= 0.3 is 12.0 Å². The smallest absolute Gasteiger partial charge is 0.337 e. The van der Waals surface area contributed by atoms with Crippen LogP contribution in [0.25, 0.3) is 0 Å². The molecule has 0 saturated heterocycles. The molecule has 1 aromatic rings. The summed E-state index contributed by atoms with van der Waals surface area (Å²) in [6.07, 6.45) is 0. The Kier molecular flexibility index (Phi) is 6.47. The van der Waals surface area contributed by atoms with Crippen LogP contribution in [0.5, 0.6) is 0 Å². The topological polar surface area (TPSA) is 95.5 Å². The monoisotopic (exact) mass is 318 g/mol. The molecule has 0 fully saturated rings. The summed E-state index contributed by atoms with van der Waals surface area (Å²) < 4.78 is 11.2. The Bertz CT molecular complexity index is 536. The van der Waals surface area contributed by atoms with Crippen LogP contribution >= 0.6 is 11.6 Å². The highest BCUT2D eigenvalue weighted by Gasteiger charge is 2.12. The molecule has 3 N–H and O–H groups in total. The fraction of sp³-hybridized carbons (Fsp3) is 0.333. The normalized spacial score (nSPS) is 11.7. The number of carbonyl (C=O) groups is 2. The zero-order valence-corrected chi connectivity index (χ0v) is 12.4. The van der Waals surface area contributed by atoms with Gasteiger partial charge in [-0.05, 0) is 18.2 Å². The fourth-order valence-corrected chi connectivity index (χ4v) is 2.19. The average Bonchev–Trinajstić information content (AvgIpc) is 2.38. The van der Waals surface area contributed by atoms with Gasteiger partial charge in [-0.3, -0.25) is 4.21 Å². The highest BCUT2D eigenvalue weighted by Crippen LogP contribution is 2.21. The molecule has 0 spiro atoms. The number of carbonyl (C=O) groups excluding carboxylic acids is 1. The summed E-state index contributed by atoms with van der Waals surface area (Å²) >= 11 is 5.76. The van der Waals surface area contributed by atoms with Gasteiger partial charge < -0.3 is 15.7 Å². The minimum atomic E-state index is -1.16. The molecule has 1 unspecified atom stereocenters. The molecule has 1 rings (SSSR count). The average molecular weight is 319 g/mol. The number of aromatic carboxylic acids is 1. The van der Waals surface area contributed by atoms with Crippen LogP contribution in [0.15, 0.2) is 18.2 Å². The third-order valence-electron chi connectivity index (χ3n) is 2.40. The van der Waals surface area contributed by atoms with Crippen molar-refractivity contribution >= 4 is 40.1 Å². The molecule has 0 aliphatic carbocycles. The number of rotatable bonds is 6. The molecule has 6 nitrogen and oxygen atoms in total. The maximum Gasteiger partial charge on any atom is 0.337 e. The van der Waals surface area contributed by atoms with E-state index in [2.05, 4.69) is 10.6 Å². The quantitative estimate of drug-likeness (QED) is 0.746. The second kappa shape index (κ2) is 7.86. The van der Waals surface area contributed by atoms with E-state index in [0.717, 1.165) is 0 Å². The van der Waals surface area contributed by atoms with Gasteiger partial charge in [0.25, 0.3) is 0 Å². The van der Waals surface area contributed by atoms with Crippen LogP contribution in [-0.2, 0) is 10.8 Å². The number of carboxylic acids is 1. The van der Waals surface area contributed by atoms with Crippen molar-refractivity contribution in [2.45, 2.75) is 6.92 Å². The van der Waals surface area contributed by atoms with Crippen molar-refractivity contribution in [1.82, 2.24) is 5.32 Å². The second-order valence-electron chi connectivity index (χ2n) is 3.81. The van der Waals surface area contributed by atoms with Gasteiger partial charge in [0.1, 0.15) is 0 Å². The predicted octanol–water partition coefficient (Wildman–Crippen LogP) is 1.93. The third kappa shape index (κ3) is 5.18. The van der Waals surface area contributed by atoms with E-state index < -0.39 is 22.8 Å². The van der Waals surface area contributed by atoms with Gasteiger partial charge in [-0.25, -0.2) is 9.59 Å². The second-order valence-corrected chi connectivity index (χ2v) is 6.11. The summed E-state index contributed by atoms with van der Waals surface area (Å²) in [7, 11) is -0.963. The Morgan fingerprint density at radius 2 is 2.10 bits per heavy atom. The Labute approximate surface area is 124 Å². The lowest BCUT2D eigenvalue weighted by Crippen LogP contribution is -2.32. The largest absolute Gasteiger partial charge is 0.478 e. The van der Waals surface area contributed by atoms with Crippen LogP contribution < -0.4 is 10.6 Å². The highest BCUT2D eigenvalue weighted by atomic mass is 35.5. The van der Waals surface area contributed by atoms with E-state index in [4.69, 9.17) is 16.7 Å². The molecule has 0 heterocycles. The van der Waals surface area contributed by atoms with Crippen LogP contribution in [0.2, 0.25) is 5.02 Å². The first-order valence-corrected chi connectivity index (χ1v) is 7.73. The molecule has 8 heteroatoms. The maximum absolute atomic E-state index is 11.6. The Balaban J connectivity index is 2.63. The van der Waals surface area contributed by atoms with Gasteiger partial charge in [0.15, 0.2) is 0 Å². The van der Waals surface area contributed by atoms with Gasteiger partial charge in [0, 0.05) is 33.9 Å². The zero-order chi connectivity index (χ0) is 15.1. The maximum atomic E-state index is 11.6.